The van der Waals surface area contributed by atoms with Gasteiger partial charge in [-0.2, -0.15) is 0 Å². The molecule has 0 unspecified atom stereocenters. The third kappa shape index (κ3) is 5.97. The Balaban J connectivity index is 1.63. The highest BCUT2D eigenvalue weighted by atomic mass is 16.5. The molecule has 2 aromatic rings. The summed E-state index contributed by atoms with van der Waals surface area (Å²) in [6.45, 7) is 0.152. The summed E-state index contributed by atoms with van der Waals surface area (Å²) in [5, 5.41) is 0. The minimum Gasteiger partial charge on any atom is -0.452 e. The largest absolute Gasteiger partial charge is 0.452 e. The van der Waals surface area contributed by atoms with Crippen LogP contribution in [0, 0.1) is 11.8 Å². The van der Waals surface area contributed by atoms with Crippen molar-refractivity contribution in [2.75, 3.05) is 6.61 Å². The fourth-order valence-corrected chi connectivity index (χ4v) is 1.93. The van der Waals surface area contributed by atoms with Gasteiger partial charge in [0.1, 0.15) is 0 Å². The zero-order chi connectivity index (χ0) is 14.8. The molecule has 0 amide bonds. The van der Waals surface area contributed by atoms with Crippen molar-refractivity contribution < 1.29 is 9.53 Å². The molecule has 0 bridgehead atoms. The number of hydrogen-bond donors (Lipinski definition) is 0. The molecule has 0 aliphatic carbocycles. The van der Waals surface area contributed by atoms with E-state index < -0.39 is 0 Å². The Hall–Kier alpha value is -2.53. The van der Waals surface area contributed by atoms with Gasteiger partial charge in [-0.3, -0.25) is 4.79 Å². The molecule has 2 nitrogen and oxygen atoms in total. The first-order chi connectivity index (χ1) is 10.3. The van der Waals surface area contributed by atoms with Gasteiger partial charge in [0, 0.05) is 12.0 Å². The van der Waals surface area contributed by atoms with Crippen LogP contribution >= 0.6 is 0 Å². The molecule has 0 saturated carbocycles. The van der Waals surface area contributed by atoms with Crippen LogP contribution in [0.3, 0.4) is 0 Å². The highest BCUT2D eigenvalue weighted by Crippen LogP contribution is 2.05. The van der Waals surface area contributed by atoms with Crippen molar-refractivity contribution in [3.8, 4) is 11.8 Å². The first-order valence-electron chi connectivity index (χ1n) is 7.08. The van der Waals surface area contributed by atoms with E-state index in [0.717, 1.165) is 18.4 Å². The maximum absolute atomic E-state index is 11.6. The zero-order valence-electron chi connectivity index (χ0n) is 11.9. The van der Waals surface area contributed by atoms with Gasteiger partial charge in [-0.15, -0.1) is 0 Å². The lowest BCUT2D eigenvalue weighted by Crippen LogP contribution is -2.05. The van der Waals surface area contributed by atoms with E-state index in [1.54, 1.807) is 0 Å². The Morgan fingerprint density at radius 1 is 0.952 bits per heavy atom. The summed E-state index contributed by atoms with van der Waals surface area (Å²) in [5.74, 6) is 5.62. The maximum atomic E-state index is 11.6. The summed E-state index contributed by atoms with van der Waals surface area (Å²) in [4.78, 5) is 11.6. The van der Waals surface area contributed by atoms with Crippen molar-refractivity contribution in [3.05, 3.63) is 71.8 Å². The van der Waals surface area contributed by atoms with Gasteiger partial charge in [0.05, 0.1) is 0 Å². The van der Waals surface area contributed by atoms with Crippen molar-refractivity contribution in [2.24, 2.45) is 0 Å². The second-order valence-electron chi connectivity index (χ2n) is 4.67. The molecule has 0 saturated heterocycles. The molecule has 2 rings (SSSR count). The van der Waals surface area contributed by atoms with E-state index in [4.69, 9.17) is 4.74 Å². The molecule has 0 heterocycles. The van der Waals surface area contributed by atoms with Gasteiger partial charge in [-0.25, -0.2) is 0 Å². The SMILES string of the molecule is O=C(CCCc1ccccc1)OCC#Cc1ccccc1. The number of carbonyl (C=O) groups excluding carboxylic acids is 1. The van der Waals surface area contributed by atoms with Crippen LogP contribution in [0.2, 0.25) is 0 Å². The predicted octanol–water partition coefficient (Wildman–Crippen LogP) is 3.60. The van der Waals surface area contributed by atoms with Gasteiger partial charge in [0.2, 0.25) is 0 Å². The van der Waals surface area contributed by atoms with E-state index >= 15 is 0 Å². The van der Waals surface area contributed by atoms with Gasteiger partial charge >= 0.3 is 5.97 Å². The first kappa shape index (κ1) is 14.9. The summed E-state index contributed by atoms with van der Waals surface area (Å²) >= 11 is 0. The van der Waals surface area contributed by atoms with Crippen molar-refractivity contribution in [1.82, 2.24) is 0 Å². The second-order valence-corrected chi connectivity index (χ2v) is 4.67. The molecule has 0 atom stereocenters. The van der Waals surface area contributed by atoms with Gasteiger partial charge in [-0.05, 0) is 30.5 Å². The molecule has 0 aliphatic rings. The molecule has 0 radical (unpaired) electrons. The summed E-state index contributed by atoms with van der Waals surface area (Å²) in [5.41, 5.74) is 2.17. The third-order valence-corrected chi connectivity index (χ3v) is 3.00. The van der Waals surface area contributed by atoms with Crippen LogP contribution in [0.4, 0.5) is 0 Å². The minimum absolute atomic E-state index is 0.152. The van der Waals surface area contributed by atoms with Crippen LogP contribution in [0.15, 0.2) is 60.7 Å². The average molecular weight is 278 g/mol. The van der Waals surface area contributed by atoms with Crippen LogP contribution in [-0.4, -0.2) is 12.6 Å². The number of aryl methyl sites for hydroxylation is 1. The Bertz CT molecular complexity index is 606. The molecule has 0 fully saturated rings. The molecule has 21 heavy (non-hydrogen) atoms. The zero-order valence-corrected chi connectivity index (χ0v) is 11.9. The highest BCUT2D eigenvalue weighted by molar-refractivity contribution is 5.69. The quantitative estimate of drug-likeness (QED) is 0.617. The molecule has 2 aromatic carbocycles. The minimum atomic E-state index is -0.187. The van der Waals surface area contributed by atoms with E-state index in [0.29, 0.717) is 6.42 Å². The monoisotopic (exact) mass is 278 g/mol. The molecular formula is C19H18O2. The fourth-order valence-electron chi connectivity index (χ4n) is 1.93. The predicted molar refractivity (Wildman–Crippen MR) is 83.7 cm³/mol. The van der Waals surface area contributed by atoms with Gasteiger partial charge < -0.3 is 4.74 Å². The van der Waals surface area contributed by atoms with Crippen LogP contribution < -0.4 is 0 Å². The normalized spacial score (nSPS) is 9.52. The summed E-state index contributed by atoms with van der Waals surface area (Å²) < 4.78 is 5.09. The van der Waals surface area contributed by atoms with Crippen LogP contribution in [0.5, 0.6) is 0 Å². The molecular weight excluding hydrogens is 260 g/mol. The van der Waals surface area contributed by atoms with Gasteiger partial charge in [0.15, 0.2) is 6.61 Å². The van der Waals surface area contributed by atoms with E-state index in [1.165, 1.54) is 5.56 Å². The molecule has 0 N–H and O–H groups in total. The number of esters is 1. The lowest BCUT2D eigenvalue weighted by Gasteiger charge is -2.01. The Kier molecular flexibility index (Phi) is 6.09. The van der Waals surface area contributed by atoms with Gasteiger partial charge in [0.25, 0.3) is 0 Å². The number of hydrogen-bond acceptors (Lipinski definition) is 2. The van der Waals surface area contributed by atoms with E-state index in [-0.39, 0.29) is 12.6 Å². The average Bonchev–Trinajstić information content (AvgIpc) is 2.54. The van der Waals surface area contributed by atoms with Crippen molar-refractivity contribution in [2.45, 2.75) is 19.3 Å². The van der Waals surface area contributed by atoms with Crippen molar-refractivity contribution in [3.63, 3.8) is 0 Å². The molecule has 106 valence electrons. The van der Waals surface area contributed by atoms with E-state index in [2.05, 4.69) is 24.0 Å². The lowest BCUT2D eigenvalue weighted by atomic mass is 10.1. The van der Waals surface area contributed by atoms with Crippen LogP contribution in [0.1, 0.15) is 24.0 Å². The van der Waals surface area contributed by atoms with E-state index in [9.17, 15) is 4.79 Å². The molecule has 0 aliphatic heterocycles. The highest BCUT2D eigenvalue weighted by Gasteiger charge is 2.01. The Morgan fingerprint density at radius 3 is 2.33 bits per heavy atom. The van der Waals surface area contributed by atoms with Gasteiger partial charge in [-0.1, -0.05) is 60.4 Å². The Labute approximate surface area is 125 Å². The number of benzene rings is 2. The van der Waals surface area contributed by atoms with Crippen LogP contribution in [0.25, 0.3) is 0 Å². The fraction of sp³-hybridized carbons (Fsp3) is 0.211. The first-order valence-corrected chi connectivity index (χ1v) is 7.08. The maximum Gasteiger partial charge on any atom is 0.306 e. The number of carbonyl (C=O) groups is 1. The topological polar surface area (TPSA) is 26.3 Å². The molecule has 0 spiro atoms. The smallest absolute Gasteiger partial charge is 0.306 e. The number of rotatable bonds is 5. The number of ether oxygens (including phenoxy) is 1. The lowest BCUT2D eigenvalue weighted by molar-refractivity contribution is -0.142. The Morgan fingerprint density at radius 2 is 1.62 bits per heavy atom. The standard InChI is InChI=1S/C19H18O2/c20-19(15-7-13-17-9-3-1-4-10-17)21-16-8-14-18-11-5-2-6-12-18/h1-6,9-12H,7,13,15-16H2. The van der Waals surface area contributed by atoms with Crippen molar-refractivity contribution in [1.29, 1.82) is 0 Å². The summed E-state index contributed by atoms with van der Waals surface area (Å²) in [6.07, 6.45) is 2.13. The van der Waals surface area contributed by atoms with E-state index in [1.807, 2.05) is 48.5 Å². The molecule has 0 aromatic heterocycles. The molecule has 2 heteroatoms. The third-order valence-electron chi connectivity index (χ3n) is 3.00. The summed E-state index contributed by atoms with van der Waals surface area (Å²) in [6, 6.07) is 19.8. The van der Waals surface area contributed by atoms with Crippen LogP contribution in [-0.2, 0) is 16.0 Å². The van der Waals surface area contributed by atoms with Crippen molar-refractivity contribution >= 4 is 5.97 Å². The second kappa shape index (κ2) is 8.60. The summed E-state index contributed by atoms with van der Waals surface area (Å²) in [7, 11) is 0.